The number of fused-ring (bicyclic) bond motifs is 1. The molecule has 3 rings (SSSR count). The van der Waals surface area contributed by atoms with Crippen LogP contribution in [0, 0.1) is 6.92 Å². The van der Waals surface area contributed by atoms with Gasteiger partial charge in [-0.1, -0.05) is 32.8 Å². The van der Waals surface area contributed by atoms with Gasteiger partial charge in [0.1, 0.15) is 0 Å². The first kappa shape index (κ1) is 19.4. The van der Waals surface area contributed by atoms with Crippen LogP contribution in [0.4, 0.5) is 0 Å². The topological polar surface area (TPSA) is 35.8 Å². The average Bonchev–Trinajstić information content (AvgIpc) is 3.07. The number of hydrogen-bond acceptors (Lipinski definition) is 3. The Morgan fingerprint density at radius 2 is 1.62 bits per heavy atom. The van der Waals surface area contributed by atoms with Crippen LogP contribution in [0.1, 0.15) is 84.4 Å². The van der Waals surface area contributed by atoms with Crippen LogP contribution >= 0.6 is 0 Å². The van der Waals surface area contributed by atoms with Gasteiger partial charge in [-0.25, -0.2) is 4.52 Å². The third-order valence-electron chi connectivity index (χ3n) is 6.21. The van der Waals surface area contributed by atoms with Gasteiger partial charge in [-0.15, -0.1) is 0 Å². The van der Waals surface area contributed by atoms with Crippen LogP contribution in [0.5, 0.6) is 0 Å². The predicted octanol–water partition coefficient (Wildman–Crippen LogP) is 4.63. The summed E-state index contributed by atoms with van der Waals surface area (Å²) < 4.78 is 14.5. The summed E-state index contributed by atoms with van der Waals surface area (Å²) in [5.41, 5.74) is 4.07. The number of aromatic nitrogens is 2. The lowest BCUT2D eigenvalue weighted by molar-refractivity contribution is 0.00578. The SMILES string of the molecule is CCCC(CCC)c1ccc2c(B3OC(C)(C)C(C)(C)O3)cnn2c1C. The van der Waals surface area contributed by atoms with E-state index in [1.165, 1.54) is 36.9 Å². The van der Waals surface area contributed by atoms with Crippen molar-refractivity contribution in [2.45, 2.75) is 91.3 Å². The van der Waals surface area contributed by atoms with E-state index in [4.69, 9.17) is 9.31 Å². The van der Waals surface area contributed by atoms with E-state index < -0.39 is 0 Å². The van der Waals surface area contributed by atoms with Crippen LogP contribution in [-0.4, -0.2) is 27.9 Å². The molecule has 5 heteroatoms. The molecule has 0 aliphatic carbocycles. The first-order valence-electron chi connectivity index (χ1n) is 10.0. The Hall–Kier alpha value is -1.33. The second-order valence-electron chi connectivity index (χ2n) is 8.63. The summed E-state index contributed by atoms with van der Waals surface area (Å²) in [4.78, 5) is 0. The molecular formula is C21H33BN2O2. The molecule has 1 fully saturated rings. The van der Waals surface area contributed by atoms with Gasteiger partial charge in [0.2, 0.25) is 0 Å². The Bertz CT molecular complexity index is 760. The van der Waals surface area contributed by atoms with Gasteiger partial charge < -0.3 is 9.31 Å². The average molecular weight is 356 g/mol. The lowest BCUT2D eigenvalue weighted by atomic mass is 9.80. The Morgan fingerprint density at radius 1 is 1.04 bits per heavy atom. The highest BCUT2D eigenvalue weighted by molar-refractivity contribution is 6.64. The van der Waals surface area contributed by atoms with E-state index in [2.05, 4.69) is 70.2 Å². The fourth-order valence-electron chi connectivity index (χ4n) is 3.95. The fraction of sp³-hybridized carbons (Fsp3) is 0.667. The Labute approximate surface area is 158 Å². The van der Waals surface area contributed by atoms with Gasteiger partial charge in [0.05, 0.1) is 16.7 Å². The maximum atomic E-state index is 6.24. The highest BCUT2D eigenvalue weighted by Crippen LogP contribution is 2.37. The number of rotatable bonds is 6. The minimum atomic E-state index is -0.371. The van der Waals surface area contributed by atoms with Gasteiger partial charge in [-0.3, -0.25) is 0 Å². The molecule has 1 saturated heterocycles. The molecule has 142 valence electrons. The molecule has 0 unspecified atom stereocenters. The van der Waals surface area contributed by atoms with Gasteiger partial charge in [0.15, 0.2) is 0 Å². The molecule has 0 bridgehead atoms. The molecule has 1 aliphatic heterocycles. The molecular weight excluding hydrogens is 323 g/mol. The largest absolute Gasteiger partial charge is 0.498 e. The second-order valence-corrected chi connectivity index (χ2v) is 8.63. The highest BCUT2D eigenvalue weighted by Gasteiger charge is 2.52. The summed E-state index contributed by atoms with van der Waals surface area (Å²) >= 11 is 0. The molecule has 2 aromatic rings. The van der Waals surface area contributed by atoms with E-state index in [0.29, 0.717) is 5.92 Å². The molecule has 0 spiro atoms. The molecule has 1 aliphatic rings. The minimum Gasteiger partial charge on any atom is -0.399 e. The van der Waals surface area contributed by atoms with Crippen molar-refractivity contribution in [2.24, 2.45) is 0 Å². The smallest absolute Gasteiger partial charge is 0.399 e. The molecule has 26 heavy (non-hydrogen) atoms. The summed E-state index contributed by atoms with van der Waals surface area (Å²) in [5, 5.41) is 4.68. The van der Waals surface area contributed by atoms with Crippen molar-refractivity contribution in [1.82, 2.24) is 9.61 Å². The number of pyridine rings is 1. The first-order valence-corrected chi connectivity index (χ1v) is 10.0. The Kier molecular flexibility index (Phi) is 5.24. The van der Waals surface area contributed by atoms with Gasteiger partial charge in [-0.05, 0) is 65.0 Å². The first-order chi connectivity index (χ1) is 12.2. The van der Waals surface area contributed by atoms with E-state index in [9.17, 15) is 0 Å². The van der Waals surface area contributed by atoms with Crippen molar-refractivity contribution < 1.29 is 9.31 Å². The number of nitrogens with zero attached hydrogens (tertiary/aromatic N) is 2. The molecule has 0 radical (unpaired) electrons. The van der Waals surface area contributed by atoms with Crippen molar-refractivity contribution in [3.63, 3.8) is 0 Å². The number of hydrogen-bond donors (Lipinski definition) is 0. The minimum absolute atomic E-state index is 0.339. The molecule has 4 nitrogen and oxygen atoms in total. The zero-order valence-corrected chi connectivity index (χ0v) is 17.4. The van der Waals surface area contributed by atoms with Crippen LogP contribution in [-0.2, 0) is 9.31 Å². The molecule has 0 amide bonds. The van der Waals surface area contributed by atoms with Gasteiger partial charge in [0, 0.05) is 17.4 Å². The molecule has 0 N–H and O–H groups in total. The third-order valence-corrected chi connectivity index (χ3v) is 6.21. The van der Waals surface area contributed by atoms with Crippen LogP contribution in [0.25, 0.3) is 5.52 Å². The normalized spacial score (nSPS) is 19.0. The zero-order chi connectivity index (χ0) is 19.1. The zero-order valence-electron chi connectivity index (χ0n) is 17.4. The predicted molar refractivity (Wildman–Crippen MR) is 108 cm³/mol. The summed E-state index contributed by atoms with van der Waals surface area (Å²) in [7, 11) is -0.371. The van der Waals surface area contributed by atoms with Crippen molar-refractivity contribution in [3.8, 4) is 0 Å². The van der Waals surface area contributed by atoms with Crippen LogP contribution in [0.2, 0.25) is 0 Å². The van der Waals surface area contributed by atoms with E-state index in [1.54, 1.807) is 0 Å². The summed E-state index contributed by atoms with van der Waals surface area (Å²) in [6.45, 7) is 15.1. The van der Waals surface area contributed by atoms with Crippen molar-refractivity contribution in [1.29, 1.82) is 0 Å². The summed E-state index contributed by atoms with van der Waals surface area (Å²) in [5.74, 6) is 0.610. The lowest BCUT2D eigenvalue weighted by Crippen LogP contribution is -2.41. The molecule has 0 aromatic carbocycles. The van der Waals surface area contributed by atoms with Crippen molar-refractivity contribution in [2.75, 3.05) is 0 Å². The Balaban J connectivity index is 1.98. The second kappa shape index (κ2) is 7.01. The maximum Gasteiger partial charge on any atom is 0.498 e. The van der Waals surface area contributed by atoms with E-state index >= 15 is 0 Å². The van der Waals surface area contributed by atoms with Crippen LogP contribution in [0.3, 0.4) is 0 Å². The molecule has 0 atom stereocenters. The third kappa shape index (κ3) is 3.20. The van der Waals surface area contributed by atoms with Gasteiger partial charge in [-0.2, -0.15) is 5.10 Å². The van der Waals surface area contributed by atoms with E-state index in [1.807, 2.05) is 6.20 Å². The quantitative estimate of drug-likeness (QED) is 0.708. The fourth-order valence-corrected chi connectivity index (χ4v) is 3.95. The standard InChI is InChI=1S/C21H33BN2O2/c1-8-10-16(11-9-2)17-12-13-19-18(14-23-24(19)15(17)3)22-25-20(4,5)21(6,7)26-22/h12-14,16H,8-11H2,1-7H3. The lowest BCUT2D eigenvalue weighted by Gasteiger charge is -2.32. The Morgan fingerprint density at radius 3 is 2.15 bits per heavy atom. The molecule has 2 aromatic heterocycles. The van der Waals surface area contributed by atoms with Crippen LogP contribution in [0.15, 0.2) is 18.3 Å². The van der Waals surface area contributed by atoms with Gasteiger partial charge >= 0.3 is 7.12 Å². The van der Waals surface area contributed by atoms with Crippen molar-refractivity contribution in [3.05, 3.63) is 29.6 Å². The van der Waals surface area contributed by atoms with E-state index in [-0.39, 0.29) is 18.3 Å². The summed E-state index contributed by atoms with van der Waals surface area (Å²) in [6.07, 6.45) is 6.78. The van der Waals surface area contributed by atoms with Crippen LogP contribution < -0.4 is 5.46 Å². The number of aryl methyl sites for hydroxylation is 1. The van der Waals surface area contributed by atoms with Crippen molar-refractivity contribution >= 4 is 18.1 Å². The van der Waals surface area contributed by atoms with Gasteiger partial charge in [0.25, 0.3) is 0 Å². The highest BCUT2D eigenvalue weighted by atomic mass is 16.7. The summed E-state index contributed by atoms with van der Waals surface area (Å²) in [6, 6.07) is 4.48. The van der Waals surface area contributed by atoms with E-state index in [0.717, 1.165) is 11.0 Å². The molecule has 0 saturated carbocycles. The monoisotopic (exact) mass is 356 g/mol. The molecule has 3 heterocycles. The maximum absolute atomic E-state index is 6.24.